The molecular weight excluding hydrogens is 795 g/mol. The van der Waals surface area contributed by atoms with Crippen LogP contribution in [0.15, 0.2) is 109 Å². The molecule has 3 N–H and O–H groups in total. The van der Waals surface area contributed by atoms with Crippen molar-refractivity contribution in [1.29, 1.82) is 0 Å². The zero-order chi connectivity index (χ0) is 47.0. The number of rotatable bonds is 49. The molecule has 0 spiro atoms. The summed E-state index contributed by atoms with van der Waals surface area (Å²) in [4.78, 5) is 12.5. The molecular formula is C61H105NO3. The fourth-order valence-electron chi connectivity index (χ4n) is 7.84. The normalized spacial score (nSPS) is 13.7. The molecule has 0 aromatic carbocycles. The number of carbonyl (C=O) groups excluding carboxylic acids is 1. The molecule has 0 aliphatic heterocycles. The van der Waals surface area contributed by atoms with Crippen LogP contribution in [-0.4, -0.2) is 34.9 Å². The van der Waals surface area contributed by atoms with Crippen LogP contribution in [0.1, 0.15) is 251 Å². The van der Waals surface area contributed by atoms with Gasteiger partial charge in [0.1, 0.15) is 0 Å². The topological polar surface area (TPSA) is 69.6 Å². The number of nitrogens with one attached hydrogen (secondary N) is 1. The summed E-state index contributed by atoms with van der Waals surface area (Å²) < 4.78 is 0. The first-order valence-electron chi connectivity index (χ1n) is 27.6. The van der Waals surface area contributed by atoms with Crippen molar-refractivity contribution < 1.29 is 15.0 Å². The van der Waals surface area contributed by atoms with Gasteiger partial charge in [0.05, 0.1) is 18.8 Å². The number of aliphatic hydroxyl groups excluding tert-OH is 2. The Hall–Kier alpha value is -2.95. The van der Waals surface area contributed by atoms with E-state index in [1.807, 2.05) is 6.08 Å². The van der Waals surface area contributed by atoms with E-state index in [1.165, 1.54) is 141 Å². The lowest BCUT2D eigenvalue weighted by atomic mass is 10.0. The highest BCUT2D eigenvalue weighted by atomic mass is 16.3. The summed E-state index contributed by atoms with van der Waals surface area (Å²) in [7, 11) is 0. The second-order valence-corrected chi connectivity index (χ2v) is 18.3. The summed E-state index contributed by atoms with van der Waals surface area (Å²) in [5.41, 5.74) is 0. The van der Waals surface area contributed by atoms with E-state index >= 15 is 0 Å². The Morgan fingerprint density at radius 3 is 1.02 bits per heavy atom. The maximum atomic E-state index is 12.5. The Balaban J connectivity index is 3.61. The molecule has 0 radical (unpaired) electrons. The minimum Gasteiger partial charge on any atom is -0.394 e. The van der Waals surface area contributed by atoms with E-state index in [2.05, 4.69) is 116 Å². The molecule has 0 rings (SSSR count). The summed E-state index contributed by atoms with van der Waals surface area (Å²) in [6.45, 7) is 4.20. The molecule has 0 heterocycles. The SMILES string of the molecule is CC/C=C\C/C=C\C/C=C\C/C=C\C/C=C\C/C=C\C/C=C\C/C=C\CCCCCCCCCCC(=O)NC(CO)C(O)/C=C/CCCCCCCCCCCCCCCCCCCC. The van der Waals surface area contributed by atoms with Crippen molar-refractivity contribution in [2.24, 2.45) is 0 Å². The third-order valence-electron chi connectivity index (χ3n) is 12.0. The number of hydrogen-bond acceptors (Lipinski definition) is 3. The Morgan fingerprint density at radius 2 is 0.677 bits per heavy atom. The maximum Gasteiger partial charge on any atom is 0.220 e. The van der Waals surface area contributed by atoms with E-state index in [-0.39, 0.29) is 12.5 Å². The zero-order valence-electron chi connectivity index (χ0n) is 42.7. The van der Waals surface area contributed by atoms with Crippen molar-refractivity contribution in [3.8, 4) is 0 Å². The van der Waals surface area contributed by atoms with Gasteiger partial charge in [0.25, 0.3) is 0 Å². The van der Waals surface area contributed by atoms with Crippen molar-refractivity contribution in [2.45, 2.75) is 264 Å². The van der Waals surface area contributed by atoms with Gasteiger partial charge in [-0.2, -0.15) is 0 Å². The molecule has 0 fully saturated rings. The molecule has 0 bridgehead atoms. The van der Waals surface area contributed by atoms with Gasteiger partial charge in [-0.15, -0.1) is 0 Å². The first kappa shape index (κ1) is 62.1. The standard InChI is InChI=1S/C61H105NO3/c1-3-5-7-9-11-13-15-17-19-21-23-25-26-27-28-29-30-31-32-33-34-35-36-37-39-41-43-45-47-49-51-53-55-57-61(65)62-59(58-63)60(64)56-54-52-50-48-46-44-42-40-38-24-22-20-18-16-14-12-10-8-6-4-2/h5,7,11,13,17,19,23,25,27-28,30-31,33-34,36-37,54,56,59-60,63-64H,3-4,6,8-10,12,14-16,18,20-22,24,26,29,32,35,38-53,55,57-58H2,1-2H3,(H,62,65)/b7-5-,13-11-,19-17-,25-23-,28-27-,31-30-,34-33-,37-36-,56-54+. The van der Waals surface area contributed by atoms with E-state index in [4.69, 9.17) is 0 Å². The van der Waals surface area contributed by atoms with E-state index < -0.39 is 12.1 Å². The van der Waals surface area contributed by atoms with Gasteiger partial charge in [-0.25, -0.2) is 0 Å². The second kappa shape index (κ2) is 55.4. The van der Waals surface area contributed by atoms with E-state index in [1.54, 1.807) is 6.08 Å². The highest BCUT2D eigenvalue weighted by molar-refractivity contribution is 5.76. The van der Waals surface area contributed by atoms with Gasteiger partial charge in [-0.3, -0.25) is 4.79 Å². The van der Waals surface area contributed by atoms with E-state index in [9.17, 15) is 15.0 Å². The van der Waals surface area contributed by atoms with Gasteiger partial charge in [0.2, 0.25) is 5.91 Å². The fraction of sp³-hybridized carbons (Fsp3) is 0.689. The monoisotopic (exact) mass is 900 g/mol. The number of amides is 1. The Morgan fingerprint density at radius 1 is 0.385 bits per heavy atom. The summed E-state index contributed by atoms with van der Waals surface area (Å²) in [6, 6.07) is -0.635. The summed E-state index contributed by atoms with van der Waals surface area (Å²) in [5.74, 6) is -0.0755. The quantitative estimate of drug-likeness (QED) is 0.0421. The zero-order valence-corrected chi connectivity index (χ0v) is 42.7. The first-order valence-corrected chi connectivity index (χ1v) is 27.6. The fourth-order valence-corrected chi connectivity index (χ4v) is 7.84. The molecule has 1 amide bonds. The van der Waals surface area contributed by atoms with Crippen LogP contribution in [0.2, 0.25) is 0 Å². The molecule has 2 unspecified atom stereocenters. The third kappa shape index (κ3) is 51.9. The van der Waals surface area contributed by atoms with Crippen LogP contribution in [0.4, 0.5) is 0 Å². The van der Waals surface area contributed by atoms with Crippen LogP contribution in [0.25, 0.3) is 0 Å². The Labute approximate surface area is 404 Å². The second-order valence-electron chi connectivity index (χ2n) is 18.3. The number of unbranched alkanes of at least 4 members (excludes halogenated alkanes) is 26. The van der Waals surface area contributed by atoms with Gasteiger partial charge in [-0.05, 0) is 83.5 Å². The lowest BCUT2D eigenvalue weighted by molar-refractivity contribution is -0.123. The highest BCUT2D eigenvalue weighted by Crippen LogP contribution is 2.15. The number of allylic oxidation sites excluding steroid dienone is 17. The van der Waals surface area contributed by atoms with E-state index in [0.29, 0.717) is 6.42 Å². The molecule has 4 heteroatoms. The van der Waals surface area contributed by atoms with Gasteiger partial charge in [-0.1, -0.05) is 271 Å². The van der Waals surface area contributed by atoms with Gasteiger partial charge in [0, 0.05) is 6.42 Å². The van der Waals surface area contributed by atoms with Crippen LogP contribution < -0.4 is 5.32 Å². The predicted octanol–water partition coefficient (Wildman–Crippen LogP) is 18.3. The predicted molar refractivity (Wildman–Crippen MR) is 289 cm³/mol. The molecule has 65 heavy (non-hydrogen) atoms. The van der Waals surface area contributed by atoms with Gasteiger partial charge >= 0.3 is 0 Å². The molecule has 0 saturated heterocycles. The average molecular weight is 901 g/mol. The van der Waals surface area contributed by atoms with Crippen molar-refractivity contribution >= 4 is 5.91 Å². The van der Waals surface area contributed by atoms with Gasteiger partial charge < -0.3 is 15.5 Å². The first-order chi connectivity index (χ1) is 32.2. The van der Waals surface area contributed by atoms with Crippen LogP contribution in [0.5, 0.6) is 0 Å². The minimum absolute atomic E-state index is 0.0755. The number of hydrogen-bond donors (Lipinski definition) is 3. The Kier molecular flexibility index (Phi) is 52.9. The minimum atomic E-state index is -0.851. The summed E-state index contributed by atoms with van der Waals surface area (Å²) in [5, 5.41) is 23.2. The van der Waals surface area contributed by atoms with Crippen LogP contribution in [0.3, 0.4) is 0 Å². The molecule has 0 aliphatic rings. The van der Waals surface area contributed by atoms with Crippen LogP contribution in [0, 0.1) is 0 Å². The highest BCUT2D eigenvalue weighted by Gasteiger charge is 2.18. The van der Waals surface area contributed by atoms with Crippen molar-refractivity contribution in [3.63, 3.8) is 0 Å². The molecule has 0 aromatic heterocycles. The van der Waals surface area contributed by atoms with Crippen molar-refractivity contribution in [2.75, 3.05) is 6.61 Å². The Bertz CT molecular complexity index is 1250. The summed E-state index contributed by atoms with van der Waals surface area (Å²) >= 11 is 0. The smallest absolute Gasteiger partial charge is 0.220 e. The van der Waals surface area contributed by atoms with Crippen molar-refractivity contribution in [3.05, 3.63) is 109 Å². The van der Waals surface area contributed by atoms with Crippen molar-refractivity contribution in [1.82, 2.24) is 5.32 Å². The molecule has 2 atom stereocenters. The lowest BCUT2D eigenvalue weighted by Crippen LogP contribution is -2.45. The lowest BCUT2D eigenvalue weighted by Gasteiger charge is -2.20. The average Bonchev–Trinajstić information content (AvgIpc) is 3.31. The largest absolute Gasteiger partial charge is 0.394 e. The summed E-state index contributed by atoms with van der Waals surface area (Å²) in [6.07, 6.45) is 83.7. The molecule has 0 aliphatic carbocycles. The molecule has 0 saturated carbocycles. The number of carbonyl (C=O) groups is 1. The van der Waals surface area contributed by atoms with Gasteiger partial charge in [0.15, 0.2) is 0 Å². The van der Waals surface area contributed by atoms with E-state index in [0.717, 1.165) is 89.9 Å². The molecule has 0 aromatic rings. The number of aliphatic hydroxyl groups is 2. The maximum absolute atomic E-state index is 12.5. The molecule has 4 nitrogen and oxygen atoms in total. The third-order valence-corrected chi connectivity index (χ3v) is 12.0. The van der Waals surface area contributed by atoms with Crippen LogP contribution in [-0.2, 0) is 4.79 Å². The van der Waals surface area contributed by atoms with Crippen LogP contribution >= 0.6 is 0 Å². The molecule has 372 valence electrons.